The molecule has 1 aliphatic heterocycles. The van der Waals surface area contributed by atoms with Crippen LogP contribution in [0.15, 0.2) is 67.1 Å². The van der Waals surface area contributed by atoms with Gasteiger partial charge in [0.1, 0.15) is 12.4 Å². The average Bonchev–Trinajstić information content (AvgIpc) is 3.36. The molecule has 11 nitrogen and oxygen atoms in total. The number of imidazole rings is 1. The van der Waals surface area contributed by atoms with Gasteiger partial charge in [0.05, 0.1) is 36.3 Å². The van der Waals surface area contributed by atoms with E-state index in [2.05, 4.69) is 20.2 Å². The largest absolute Gasteiger partial charge is 0.471 e. The molecular formula is C26H23N7O4. The molecule has 0 radical (unpaired) electrons. The van der Waals surface area contributed by atoms with E-state index in [0.29, 0.717) is 24.7 Å². The van der Waals surface area contributed by atoms with Crippen molar-refractivity contribution in [2.24, 2.45) is 0 Å². The molecule has 2 N–H and O–H groups in total. The van der Waals surface area contributed by atoms with E-state index < -0.39 is 6.09 Å². The summed E-state index contributed by atoms with van der Waals surface area (Å²) in [6.07, 6.45) is 4.13. The second-order valence-corrected chi connectivity index (χ2v) is 8.49. The van der Waals surface area contributed by atoms with Crippen molar-refractivity contribution in [2.75, 3.05) is 36.5 Å². The first-order valence-electron chi connectivity index (χ1n) is 11.8. The summed E-state index contributed by atoms with van der Waals surface area (Å²) in [5.74, 6) is 1.53. The van der Waals surface area contributed by atoms with E-state index in [0.717, 1.165) is 46.8 Å². The Bertz CT molecular complexity index is 1580. The summed E-state index contributed by atoms with van der Waals surface area (Å²) in [6.45, 7) is 2.93. The minimum absolute atomic E-state index is 0.231. The van der Waals surface area contributed by atoms with Gasteiger partial charge < -0.3 is 19.5 Å². The lowest BCUT2D eigenvalue weighted by Gasteiger charge is -2.28. The quantitative estimate of drug-likeness (QED) is 0.360. The van der Waals surface area contributed by atoms with Crippen molar-refractivity contribution in [1.29, 1.82) is 0 Å². The number of fused-ring (bicyclic) bond motifs is 2. The summed E-state index contributed by atoms with van der Waals surface area (Å²) in [5.41, 5.74) is 3.81. The first-order valence-corrected chi connectivity index (χ1v) is 11.8. The highest BCUT2D eigenvalue weighted by Gasteiger charge is 2.20. The lowest BCUT2D eigenvalue weighted by atomic mass is 10.2. The molecule has 37 heavy (non-hydrogen) atoms. The molecule has 0 unspecified atom stereocenters. The zero-order valence-electron chi connectivity index (χ0n) is 19.7. The number of hydrogen-bond acceptors (Lipinski definition) is 8. The molecule has 0 atom stereocenters. The third-order valence-electron chi connectivity index (χ3n) is 6.07. The number of carboxylic acid groups (broad SMARTS) is 1. The zero-order chi connectivity index (χ0) is 25.2. The van der Waals surface area contributed by atoms with Crippen molar-refractivity contribution in [1.82, 2.24) is 24.3 Å². The Kier molecular flexibility index (Phi) is 5.95. The van der Waals surface area contributed by atoms with Crippen LogP contribution in [0.25, 0.3) is 27.8 Å². The van der Waals surface area contributed by atoms with Gasteiger partial charge in [0, 0.05) is 42.5 Å². The van der Waals surface area contributed by atoms with Crippen molar-refractivity contribution in [3.8, 4) is 17.1 Å². The number of ether oxygens (including phenoxy) is 2. The van der Waals surface area contributed by atoms with Crippen LogP contribution in [0.1, 0.15) is 5.69 Å². The monoisotopic (exact) mass is 497 g/mol. The number of rotatable bonds is 6. The summed E-state index contributed by atoms with van der Waals surface area (Å²) in [7, 11) is 0. The second-order valence-electron chi connectivity index (χ2n) is 8.49. The van der Waals surface area contributed by atoms with Gasteiger partial charge in [-0.2, -0.15) is 0 Å². The highest BCUT2D eigenvalue weighted by Crippen LogP contribution is 2.27. The van der Waals surface area contributed by atoms with Gasteiger partial charge in [0.2, 0.25) is 5.88 Å². The Labute approximate surface area is 211 Å². The predicted octanol–water partition coefficient (Wildman–Crippen LogP) is 3.85. The van der Waals surface area contributed by atoms with Crippen LogP contribution >= 0.6 is 0 Å². The molecule has 1 amide bonds. The Morgan fingerprint density at radius 3 is 2.70 bits per heavy atom. The SMILES string of the molecule is O=C(O)Nc1ccc(-c2cnc(N3CCOCC3)c3nc(COc4ccc5ccccc5n4)cn23)cn1. The van der Waals surface area contributed by atoms with E-state index in [1.54, 1.807) is 24.5 Å². The highest BCUT2D eigenvalue weighted by molar-refractivity contribution is 5.82. The first kappa shape index (κ1) is 22.7. The fraction of sp³-hybridized carbons (Fsp3) is 0.192. The van der Waals surface area contributed by atoms with Gasteiger partial charge in [-0.15, -0.1) is 0 Å². The number of morpholine rings is 1. The van der Waals surface area contributed by atoms with E-state index in [1.807, 2.05) is 47.0 Å². The fourth-order valence-corrected chi connectivity index (χ4v) is 4.30. The number of nitrogens with one attached hydrogen (secondary N) is 1. The lowest BCUT2D eigenvalue weighted by Crippen LogP contribution is -2.37. The lowest BCUT2D eigenvalue weighted by molar-refractivity contribution is 0.122. The summed E-state index contributed by atoms with van der Waals surface area (Å²) in [4.78, 5) is 31.5. The van der Waals surface area contributed by atoms with Gasteiger partial charge in [-0.25, -0.2) is 24.7 Å². The number of anilines is 2. The van der Waals surface area contributed by atoms with Gasteiger partial charge in [0.25, 0.3) is 0 Å². The molecule has 1 aliphatic rings. The summed E-state index contributed by atoms with van der Waals surface area (Å²) in [5, 5.41) is 12.2. The molecule has 0 spiro atoms. The maximum atomic E-state index is 10.9. The summed E-state index contributed by atoms with van der Waals surface area (Å²) < 4.78 is 13.5. The molecule has 6 rings (SSSR count). The van der Waals surface area contributed by atoms with Crippen LogP contribution in [0.3, 0.4) is 0 Å². The molecule has 0 aliphatic carbocycles. The van der Waals surface area contributed by atoms with E-state index in [9.17, 15) is 4.79 Å². The summed E-state index contributed by atoms with van der Waals surface area (Å²) >= 11 is 0. The standard InChI is InChI=1S/C26H23N7O4/c34-26(35)31-22-7-5-18(13-27-22)21-14-28-24(32-9-11-36-12-10-32)25-29-19(15-33(21)25)16-37-23-8-6-17-3-1-2-4-20(17)30-23/h1-8,13-15H,9-12,16H2,(H,27,31)(H,34,35). The predicted molar refractivity (Wildman–Crippen MR) is 137 cm³/mol. The number of benzene rings is 1. The van der Waals surface area contributed by atoms with Gasteiger partial charge in [-0.05, 0) is 24.3 Å². The Hall–Kier alpha value is -4.77. The molecule has 11 heteroatoms. The van der Waals surface area contributed by atoms with E-state index in [1.165, 1.54) is 0 Å². The van der Waals surface area contributed by atoms with Crippen LogP contribution in [0.5, 0.6) is 5.88 Å². The fourth-order valence-electron chi connectivity index (χ4n) is 4.30. The molecule has 5 aromatic rings. The smallest absolute Gasteiger partial charge is 0.410 e. The molecule has 4 aromatic heterocycles. The van der Waals surface area contributed by atoms with Crippen LogP contribution in [0.2, 0.25) is 0 Å². The van der Waals surface area contributed by atoms with E-state index >= 15 is 0 Å². The summed E-state index contributed by atoms with van der Waals surface area (Å²) in [6, 6.07) is 15.1. The topological polar surface area (TPSA) is 127 Å². The van der Waals surface area contributed by atoms with Crippen LogP contribution in [0, 0.1) is 0 Å². The highest BCUT2D eigenvalue weighted by atomic mass is 16.5. The van der Waals surface area contributed by atoms with Crippen molar-refractivity contribution < 1.29 is 19.4 Å². The molecule has 5 heterocycles. The third-order valence-corrected chi connectivity index (χ3v) is 6.07. The Morgan fingerprint density at radius 2 is 1.89 bits per heavy atom. The van der Waals surface area contributed by atoms with Crippen molar-refractivity contribution in [3.63, 3.8) is 0 Å². The number of hydrogen-bond donors (Lipinski definition) is 2. The minimum atomic E-state index is -1.17. The normalized spacial score (nSPS) is 13.7. The zero-order valence-corrected chi connectivity index (χ0v) is 19.7. The molecule has 0 bridgehead atoms. The number of amides is 1. The molecule has 0 saturated carbocycles. The Balaban J connectivity index is 1.34. The number of aromatic nitrogens is 5. The molecule has 1 aromatic carbocycles. The van der Waals surface area contributed by atoms with Crippen molar-refractivity contribution >= 4 is 34.3 Å². The second kappa shape index (κ2) is 9.70. The van der Waals surface area contributed by atoms with Gasteiger partial charge in [0.15, 0.2) is 11.5 Å². The van der Waals surface area contributed by atoms with Gasteiger partial charge in [-0.3, -0.25) is 9.72 Å². The number of para-hydroxylation sites is 1. The molecular weight excluding hydrogens is 474 g/mol. The van der Waals surface area contributed by atoms with Crippen LogP contribution in [-0.2, 0) is 11.3 Å². The van der Waals surface area contributed by atoms with E-state index in [-0.39, 0.29) is 12.4 Å². The molecule has 1 saturated heterocycles. The molecule has 186 valence electrons. The minimum Gasteiger partial charge on any atom is -0.471 e. The van der Waals surface area contributed by atoms with Crippen molar-refractivity contribution in [2.45, 2.75) is 6.61 Å². The Morgan fingerprint density at radius 1 is 1.03 bits per heavy atom. The number of nitrogens with zero attached hydrogens (tertiary/aromatic N) is 6. The van der Waals surface area contributed by atoms with E-state index in [4.69, 9.17) is 24.5 Å². The van der Waals surface area contributed by atoms with Gasteiger partial charge >= 0.3 is 6.09 Å². The van der Waals surface area contributed by atoms with Crippen molar-refractivity contribution in [3.05, 3.63) is 72.8 Å². The van der Waals surface area contributed by atoms with Crippen LogP contribution in [-0.4, -0.2) is 61.8 Å². The first-order chi connectivity index (χ1) is 18.1. The van der Waals surface area contributed by atoms with Crippen LogP contribution < -0.4 is 15.0 Å². The number of pyridine rings is 2. The maximum Gasteiger partial charge on any atom is 0.410 e. The molecule has 1 fully saturated rings. The maximum absolute atomic E-state index is 10.9. The van der Waals surface area contributed by atoms with Gasteiger partial charge in [-0.1, -0.05) is 18.2 Å². The number of carbonyl (C=O) groups is 1. The average molecular weight is 498 g/mol. The van der Waals surface area contributed by atoms with Crippen LogP contribution in [0.4, 0.5) is 16.4 Å². The third kappa shape index (κ3) is 4.71.